The van der Waals surface area contributed by atoms with Crippen molar-refractivity contribution in [2.45, 2.75) is 38.4 Å². The van der Waals surface area contributed by atoms with E-state index in [4.69, 9.17) is 4.42 Å². The van der Waals surface area contributed by atoms with Gasteiger partial charge in [0.05, 0.1) is 12.3 Å². The number of hydrogen-bond donors (Lipinski definition) is 2. The van der Waals surface area contributed by atoms with Crippen LogP contribution >= 0.6 is 0 Å². The third kappa shape index (κ3) is 2.25. The summed E-state index contributed by atoms with van der Waals surface area (Å²) in [6, 6.07) is 8.02. The normalized spacial score (nSPS) is 19.9. The number of benzene rings is 1. The van der Waals surface area contributed by atoms with Gasteiger partial charge in [-0.25, -0.2) is 0 Å². The first-order chi connectivity index (χ1) is 10.3. The lowest BCUT2D eigenvalue weighted by molar-refractivity contribution is 0.0932. The fourth-order valence-electron chi connectivity index (χ4n) is 3.31. The lowest BCUT2D eigenvalue weighted by Crippen LogP contribution is -2.30. The summed E-state index contributed by atoms with van der Waals surface area (Å²) in [5.41, 5.74) is 4.40. The van der Waals surface area contributed by atoms with Crippen LogP contribution in [0.3, 0.4) is 0 Å². The number of carbonyl (C=O) groups excluding carboxylic acids is 1. The van der Waals surface area contributed by atoms with Crippen LogP contribution in [-0.2, 0) is 19.5 Å². The first-order valence-electron chi connectivity index (χ1n) is 7.51. The zero-order chi connectivity index (χ0) is 14.2. The molecule has 108 valence electrons. The van der Waals surface area contributed by atoms with Gasteiger partial charge in [-0.3, -0.25) is 4.79 Å². The van der Waals surface area contributed by atoms with Crippen LogP contribution in [0.25, 0.3) is 0 Å². The summed E-state index contributed by atoms with van der Waals surface area (Å²) >= 11 is 0. The molecule has 4 rings (SSSR count). The van der Waals surface area contributed by atoms with Gasteiger partial charge in [0, 0.05) is 30.6 Å². The van der Waals surface area contributed by atoms with E-state index in [0.717, 1.165) is 49.2 Å². The lowest BCUT2D eigenvalue weighted by Gasteiger charge is -2.22. The second kappa shape index (κ2) is 5.04. The molecule has 1 unspecified atom stereocenters. The van der Waals surface area contributed by atoms with E-state index in [9.17, 15) is 4.79 Å². The van der Waals surface area contributed by atoms with Crippen molar-refractivity contribution in [1.29, 1.82) is 0 Å². The average Bonchev–Trinajstić information content (AvgIpc) is 3.15. The minimum Gasteiger partial charge on any atom is -0.469 e. The standard InChI is InChI=1S/C17H18N2O2/c20-17(11-4-5-12-9-18-10-13(12)8-11)19-15-2-1-3-16-14(15)6-7-21-16/h4-8,15,18H,1-3,9-10H2,(H,19,20). The van der Waals surface area contributed by atoms with Crippen molar-refractivity contribution in [3.8, 4) is 0 Å². The molecule has 4 heteroatoms. The Bertz CT molecular complexity index is 690. The molecule has 1 atom stereocenters. The molecule has 1 aliphatic heterocycles. The molecular formula is C17H18N2O2. The van der Waals surface area contributed by atoms with Gasteiger partial charge < -0.3 is 15.1 Å². The summed E-state index contributed by atoms with van der Waals surface area (Å²) in [5.74, 6) is 1.02. The molecule has 1 aromatic carbocycles. The maximum absolute atomic E-state index is 12.5. The molecule has 0 fully saturated rings. The molecule has 1 amide bonds. The maximum atomic E-state index is 12.5. The lowest BCUT2D eigenvalue weighted by atomic mass is 9.93. The zero-order valence-electron chi connectivity index (χ0n) is 11.8. The summed E-state index contributed by atoms with van der Waals surface area (Å²) < 4.78 is 5.47. The van der Waals surface area contributed by atoms with Crippen molar-refractivity contribution >= 4 is 5.91 Å². The van der Waals surface area contributed by atoms with Gasteiger partial charge in [0.1, 0.15) is 5.76 Å². The number of aryl methyl sites for hydroxylation is 1. The Kier molecular flexibility index (Phi) is 3.04. The molecule has 0 bridgehead atoms. The van der Waals surface area contributed by atoms with E-state index in [-0.39, 0.29) is 11.9 Å². The zero-order valence-corrected chi connectivity index (χ0v) is 11.8. The first kappa shape index (κ1) is 12.7. The maximum Gasteiger partial charge on any atom is 0.251 e. The van der Waals surface area contributed by atoms with Crippen LogP contribution in [0.1, 0.15) is 51.7 Å². The number of furan rings is 1. The predicted molar refractivity (Wildman–Crippen MR) is 78.8 cm³/mol. The second-order valence-electron chi connectivity index (χ2n) is 5.80. The topological polar surface area (TPSA) is 54.3 Å². The number of fused-ring (bicyclic) bond motifs is 2. The average molecular weight is 282 g/mol. The van der Waals surface area contributed by atoms with Crippen molar-refractivity contribution in [1.82, 2.24) is 10.6 Å². The minimum atomic E-state index is 0.00347. The molecule has 4 nitrogen and oxygen atoms in total. The van der Waals surface area contributed by atoms with Crippen molar-refractivity contribution in [2.75, 3.05) is 0 Å². The van der Waals surface area contributed by atoms with Crippen LogP contribution in [0, 0.1) is 0 Å². The molecule has 0 saturated carbocycles. The third-order valence-corrected chi connectivity index (χ3v) is 4.46. The smallest absolute Gasteiger partial charge is 0.251 e. The van der Waals surface area contributed by atoms with Crippen LogP contribution in [0.4, 0.5) is 0 Å². The minimum absolute atomic E-state index is 0.00347. The van der Waals surface area contributed by atoms with Crippen molar-refractivity contribution in [3.63, 3.8) is 0 Å². The van der Waals surface area contributed by atoms with Gasteiger partial charge in [0.2, 0.25) is 0 Å². The summed E-state index contributed by atoms with van der Waals surface area (Å²) in [5, 5.41) is 6.45. The Morgan fingerprint density at radius 1 is 1.24 bits per heavy atom. The molecule has 1 aliphatic carbocycles. The van der Waals surface area contributed by atoms with E-state index in [1.807, 2.05) is 24.3 Å². The molecule has 0 radical (unpaired) electrons. The Balaban J connectivity index is 1.54. The highest BCUT2D eigenvalue weighted by Gasteiger charge is 2.24. The highest BCUT2D eigenvalue weighted by Crippen LogP contribution is 2.30. The van der Waals surface area contributed by atoms with Gasteiger partial charge in [-0.1, -0.05) is 6.07 Å². The van der Waals surface area contributed by atoms with E-state index in [2.05, 4.69) is 10.6 Å². The molecule has 21 heavy (non-hydrogen) atoms. The number of carbonyl (C=O) groups is 1. The van der Waals surface area contributed by atoms with Crippen molar-refractivity contribution < 1.29 is 9.21 Å². The van der Waals surface area contributed by atoms with E-state index in [1.54, 1.807) is 6.26 Å². The monoisotopic (exact) mass is 282 g/mol. The molecule has 0 saturated heterocycles. The number of hydrogen-bond acceptors (Lipinski definition) is 3. The molecule has 2 aliphatic rings. The summed E-state index contributed by atoms with van der Waals surface area (Å²) in [7, 11) is 0. The molecular weight excluding hydrogens is 264 g/mol. The predicted octanol–water partition coefficient (Wildman–Crippen LogP) is 2.69. The number of nitrogens with one attached hydrogen (secondary N) is 2. The van der Waals surface area contributed by atoms with Crippen LogP contribution < -0.4 is 10.6 Å². The van der Waals surface area contributed by atoms with E-state index < -0.39 is 0 Å². The van der Waals surface area contributed by atoms with Gasteiger partial charge in [0.15, 0.2) is 0 Å². The molecule has 2 heterocycles. The fourth-order valence-corrected chi connectivity index (χ4v) is 3.31. The van der Waals surface area contributed by atoms with Gasteiger partial charge in [-0.15, -0.1) is 0 Å². The van der Waals surface area contributed by atoms with Crippen molar-refractivity contribution in [2.24, 2.45) is 0 Å². The van der Waals surface area contributed by atoms with Gasteiger partial charge in [-0.05, 0) is 42.2 Å². The van der Waals surface area contributed by atoms with E-state index in [1.165, 1.54) is 11.1 Å². The van der Waals surface area contributed by atoms with Gasteiger partial charge in [0.25, 0.3) is 5.91 Å². The Hall–Kier alpha value is -2.07. The molecule has 0 spiro atoms. The molecule has 2 N–H and O–H groups in total. The van der Waals surface area contributed by atoms with Crippen molar-refractivity contribution in [3.05, 3.63) is 58.5 Å². The highest BCUT2D eigenvalue weighted by atomic mass is 16.3. The first-order valence-corrected chi connectivity index (χ1v) is 7.51. The molecule has 2 aromatic rings. The second-order valence-corrected chi connectivity index (χ2v) is 5.80. The van der Waals surface area contributed by atoms with Crippen LogP contribution in [0.2, 0.25) is 0 Å². The van der Waals surface area contributed by atoms with Crippen LogP contribution in [-0.4, -0.2) is 5.91 Å². The quantitative estimate of drug-likeness (QED) is 0.890. The van der Waals surface area contributed by atoms with E-state index >= 15 is 0 Å². The number of amides is 1. The summed E-state index contributed by atoms with van der Waals surface area (Å²) in [6.07, 6.45) is 4.72. The fraction of sp³-hybridized carbons (Fsp3) is 0.353. The third-order valence-electron chi connectivity index (χ3n) is 4.46. The Morgan fingerprint density at radius 2 is 2.14 bits per heavy atom. The van der Waals surface area contributed by atoms with Crippen LogP contribution in [0.5, 0.6) is 0 Å². The SMILES string of the molecule is O=C(NC1CCCc2occc21)c1ccc2c(c1)CNC2. The van der Waals surface area contributed by atoms with Gasteiger partial charge in [-0.2, -0.15) is 0 Å². The summed E-state index contributed by atoms with van der Waals surface area (Å²) in [4.78, 5) is 12.5. The Morgan fingerprint density at radius 3 is 3.10 bits per heavy atom. The summed E-state index contributed by atoms with van der Waals surface area (Å²) in [6.45, 7) is 1.75. The number of rotatable bonds is 2. The highest BCUT2D eigenvalue weighted by molar-refractivity contribution is 5.94. The van der Waals surface area contributed by atoms with Gasteiger partial charge >= 0.3 is 0 Å². The largest absolute Gasteiger partial charge is 0.469 e. The Labute approximate surface area is 123 Å². The molecule has 1 aromatic heterocycles. The van der Waals surface area contributed by atoms with E-state index in [0.29, 0.717) is 0 Å². The van der Waals surface area contributed by atoms with Crippen LogP contribution in [0.15, 0.2) is 34.9 Å².